The highest BCUT2D eigenvalue weighted by Crippen LogP contribution is 2.32. The Morgan fingerprint density at radius 1 is 1.23 bits per heavy atom. The summed E-state index contributed by atoms with van der Waals surface area (Å²) < 4.78 is 2.45. The number of hydrogen-bond donors (Lipinski definition) is 1. The molecule has 0 aromatic carbocycles. The van der Waals surface area contributed by atoms with Gasteiger partial charge in [-0.3, -0.25) is 14.6 Å². The maximum absolute atomic E-state index is 11.8. The van der Waals surface area contributed by atoms with E-state index < -0.39 is 0 Å². The predicted octanol–water partition coefficient (Wildman–Crippen LogP) is 2.17. The molecule has 26 heavy (non-hydrogen) atoms. The molecule has 4 rings (SSSR count). The molecule has 3 heterocycles. The lowest BCUT2D eigenvalue weighted by atomic mass is 9.86. The van der Waals surface area contributed by atoms with Crippen LogP contribution < -0.4 is 5.32 Å². The van der Waals surface area contributed by atoms with Gasteiger partial charge in [-0.05, 0) is 32.7 Å². The molecule has 0 radical (unpaired) electrons. The first-order valence-corrected chi connectivity index (χ1v) is 10.4. The first-order valence-electron chi connectivity index (χ1n) is 10.4. The quantitative estimate of drug-likeness (QED) is 0.899. The summed E-state index contributed by atoms with van der Waals surface area (Å²) in [5.74, 6) is 0.211. The number of hydrogen-bond acceptors (Lipinski definition) is 4. The summed E-state index contributed by atoms with van der Waals surface area (Å²) in [6.45, 7) is 5.00. The molecule has 2 saturated heterocycles. The largest absolute Gasteiger partial charge is 0.356 e. The van der Waals surface area contributed by atoms with Crippen molar-refractivity contribution in [2.75, 3.05) is 33.2 Å². The van der Waals surface area contributed by atoms with Crippen molar-refractivity contribution in [2.24, 2.45) is 0 Å². The van der Waals surface area contributed by atoms with Crippen LogP contribution in [0.2, 0.25) is 0 Å². The minimum Gasteiger partial charge on any atom is -0.356 e. The molecule has 1 spiro atoms. The Balaban J connectivity index is 1.46. The molecular formula is C20H33N5O. The molecule has 144 valence electrons. The van der Waals surface area contributed by atoms with Crippen molar-refractivity contribution in [3.63, 3.8) is 0 Å². The number of nitrogens with zero attached hydrogens (tertiary/aromatic N) is 4. The Kier molecular flexibility index (Phi) is 5.32. The Morgan fingerprint density at radius 3 is 2.92 bits per heavy atom. The summed E-state index contributed by atoms with van der Waals surface area (Å²) in [6, 6.07) is 0.641. The standard InChI is InChI=1S/C20H33N5O/c1-23-11-12-24(15-20(23)8-7-19(26)22-10-9-20)14-18-13-21-16-25(18)17-5-3-2-4-6-17/h13,16-17H,2-12,14-15H2,1H3,(H,22,26)/t20-/m1/s1. The molecule has 1 aliphatic carbocycles. The molecule has 1 aromatic heterocycles. The van der Waals surface area contributed by atoms with Crippen LogP contribution in [0, 0.1) is 0 Å². The summed E-state index contributed by atoms with van der Waals surface area (Å²) in [6.07, 6.45) is 13.5. The van der Waals surface area contributed by atoms with Gasteiger partial charge in [0, 0.05) is 56.9 Å². The van der Waals surface area contributed by atoms with E-state index in [0.29, 0.717) is 12.5 Å². The number of nitrogens with one attached hydrogen (secondary N) is 1. The number of aromatic nitrogens is 2. The summed E-state index contributed by atoms with van der Waals surface area (Å²) >= 11 is 0. The van der Waals surface area contributed by atoms with Crippen LogP contribution >= 0.6 is 0 Å². The summed E-state index contributed by atoms with van der Waals surface area (Å²) in [5, 5.41) is 3.05. The van der Waals surface area contributed by atoms with Crippen molar-refractivity contribution < 1.29 is 4.79 Å². The third-order valence-electron chi connectivity index (χ3n) is 6.91. The van der Waals surface area contributed by atoms with Crippen LogP contribution in [0.1, 0.15) is 63.1 Å². The van der Waals surface area contributed by atoms with Gasteiger partial charge in [-0.2, -0.15) is 0 Å². The molecule has 1 N–H and O–H groups in total. The second-order valence-electron chi connectivity index (χ2n) is 8.54. The number of amides is 1. The maximum atomic E-state index is 11.8. The van der Waals surface area contributed by atoms with Gasteiger partial charge in [-0.1, -0.05) is 19.3 Å². The van der Waals surface area contributed by atoms with E-state index in [0.717, 1.165) is 45.6 Å². The van der Waals surface area contributed by atoms with Gasteiger partial charge in [0.1, 0.15) is 0 Å². The van der Waals surface area contributed by atoms with Crippen molar-refractivity contribution in [3.05, 3.63) is 18.2 Å². The van der Waals surface area contributed by atoms with Gasteiger partial charge in [-0.25, -0.2) is 4.98 Å². The fraction of sp³-hybridized carbons (Fsp3) is 0.800. The molecular weight excluding hydrogens is 326 g/mol. The van der Waals surface area contributed by atoms with Crippen LogP contribution in [0.3, 0.4) is 0 Å². The average Bonchev–Trinajstić information content (AvgIpc) is 3.03. The molecule has 0 unspecified atom stereocenters. The van der Waals surface area contributed by atoms with E-state index in [1.807, 2.05) is 6.33 Å². The minimum absolute atomic E-state index is 0.132. The Bertz CT molecular complexity index is 623. The molecule has 2 aliphatic heterocycles. The van der Waals surface area contributed by atoms with Crippen molar-refractivity contribution in [2.45, 2.75) is 69.5 Å². The van der Waals surface area contributed by atoms with Crippen molar-refractivity contribution in [1.82, 2.24) is 24.7 Å². The SMILES string of the molecule is CN1CCN(Cc2cncn2C2CCCCC2)C[C@@]12CCNC(=O)CC2. The summed E-state index contributed by atoms with van der Waals surface area (Å²) in [4.78, 5) is 21.4. The van der Waals surface area contributed by atoms with Gasteiger partial charge in [0.2, 0.25) is 5.91 Å². The number of piperazine rings is 1. The second kappa shape index (κ2) is 7.69. The van der Waals surface area contributed by atoms with Gasteiger partial charge in [-0.15, -0.1) is 0 Å². The lowest BCUT2D eigenvalue weighted by molar-refractivity contribution is -0.121. The van der Waals surface area contributed by atoms with Gasteiger partial charge >= 0.3 is 0 Å². The van der Waals surface area contributed by atoms with Crippen molar-refractivity contribution in [1.29, 1.82) is 0 Å². The van der Waals surface area contributed by atoms with Crippen LogP contribution in [0.15, 0.2) is 12.5 Å². The highest BCUT2D eigenvalue weighted by atomic mass is 16.1. The van der Waals surface area contributed by atoms with Crippen molar-refractivity contribution in [3.8, 4) is 0 Å². The highest BCUT2D eigenvalue weighted by Gasteiger charge is 2.41. The van der Waals surface area contributed by atoms with Crippen LogP contribution in [-0.2, 0) is 11.3 Å². The van der Waals surface area contributed by atoms with Crippen LogP contribution in [0.5, 0.6) is 0 Å². The monoisotopic (exact) mass is 359 g/mol. The van der Waals surface area contributed by atoms with Gasteiger partial charge < -0.3 is 9.88 Å². The Labute approximate surface area is 156 Å². The fourth-order valence-electron chi connectivity index (χ4n) is 5.19. The Hall–Kier alpha value is -1.40. The molecule has 1 aromatic rings. The zero-order valence-electron chi connectivity index (χ0n) is 16.1. The molecule has 0 bridgehead atoms. The lowest BCUT2D eigenvalue weighted by Gasteiger charge is -2.49. The number of rotatable bonds is 3. The molecule has 3 aliphatic rings. The van der Waals surface area contributed by atoms with Crippen LogP contribution in [-0.4, -0.2) is 64.0 Å². The van der Waals surface area contributed by atoms with E-state index in [-0.39, 0.29) is 11.4 Å². The first kappa shape index (κ1) is 18.0. The van der Waals surface area contributed by atoms with Crippen LogP contribution in [0.4, 0.5) is 0 Å². The van der Waals surface area contributed by atoms with Crippen LogP contribution in [0.25, 0.3) is 0 Å². The third-order valence-corrected chi connectivity index (χ3v) is 6.91. The fourth-order valence-corrected chi connectivity index (χ4v) is 5.19. The van der Waals surface area contributed by atoms with Gasteiger partial charge in [0.25, 0.3) is 0 Å². The first-order chi connectivity index (χ1) is 12.7. The van der Waals surface area contributed by atoms with E-state index in [2.05, 4.69) is 37.9 Å². The maximum Gasteiger partial charge on any atom is 0.220 e. The molecule has 6 nitrogen and oxygen atoms in total. The van der Waals surface area contributed by atoms with E-state index >= 15 is 0 Å². The summed E-state index contributed by atoms with van der Waals surface area (Å²) in [7, 11) is 2.24. The molecule has 1 saturated carbocycles. The molecule has 3 fully saturated rings. The van der Waals surface area contributed by atoms with E-state index in [4.69, 9.17) is 0 Å². The normalized spacial score (nSPS) is 29.7. The average molecular weight is 360 g/mol. The number of carbonyl (C=O) groups excluding carboxylic acids is 1. The third kappa shape index (κ3) is 3.67. The lowest BCUT2D eigenvalue weighted by Crippen LogP contribution is -2.60. The number of imidazole rings is 1. The zero-order valence-corrected chi connectivity index (χ0v) is 16.1. The predicted molar refractivity (Wildman–Crippen MR) is 102 cm³/mol. The number of carbonyl (C=O) groups is 1. The highest BCUT2D eigenvalue weighted by molar-refractivity contribution is 5.76. The second-order valence-corrected chi connectivity index (χ2v) is 8.54. The Morgan fingerprint density at radius 2 is 2.08 bits per heavy atom. The smallest absolute Gasteiger partial charge is 0.220 e. The van der Waals surface area contributed by atoms with Crippen molar-refractivity contribution >= 4 is 5.91 Å². The molecule has 6 heteroatoms. The van der Waals surface area contributed by atoms with E-state index in [1.54, 1.807) is 0 Å². The van der Waals surface area contributed by atoms with E-state index in [1.165, 1.54) is 37.8 Å². The molecule has 1 amide bonds. The number of likely N-dealkylation sites (N-methyl/N-ethyl adjacent to an activating group) is 1. The zero-order chi connectivity index (χ0) is 18.0. The van der Waals surface area contributed by atoms with E-state index in [9.17, 15) is 4.79 Å². The summed E-state index contributed by atoms with van der Waals surface area (Å²) in [5.41, 5.74) is 1.49. The van der Waals surface area contributed by atoms with Gasteiger partial charge in [0.15, 0.2) is 0 Å². The van der Waals surface area contributed by atoms with Gasteiger partial charge in [0.05, 0.1) is 12.0 Å². The minimum atomic E-state index is 0.132. The molecule has 1 atom stereocenters. The topological polar surface area (TPSA) is 53.4 Å².